The molecule has 0 bridgehead atoms. The summed E-state index contributed by atoms with van der Waals surface area (Å²) in [5, 5.41) is 27.3. The fraction of sp³-hybridized carbons (Fsp3) is 0.545. The first-order chi connectivity index (χ1) is 15.4. The van der Waals surface area contributed by atoms with Gasteiger partial charge < -0.3 is 10.1 Å². The van der Waals surface area contributed by atoms with Crippen LogP contribution >= 0.6 is 0 Å². The standard InChI is InChI=1S/C22H25N5O5/c28-20-16-5-4-15(27(31)32)14-17(16)21(29)18-19(20)26(30)23-25(18)11-3-10-24-12-8-22(9-13-24)6-1-2-7-22/h4-5,14H,1-3,6-13H2. The molecule has 0 amide bonds. The number of ketones is 2. The van der Waals surface area contributed by atoms with E-state index < -0.39 is 16.5 Å². The summed E-state index contributed by atoms with van der Waals surface area (Å²) >= 11 is 0. The molecule has 1 spiro atoms. The molecule has 2 heterocycles. The largest absolute Gasteiger partial charge is 0.691 e. The number of non-ortho nitro benzene ring substituents is 1. The summed E-state index contributed by atoms with van der Waals surface area (Å²) in [5.74, 6) is -1.22. The van der Waals surface area contributed by atoms with Crippen LogP contribution in [0.1, 0.15) is 77.0 Å². The lowest BCUT2D eigenvalue weighted by Crippen LogP contribution is -2.39. The molecular weight excluding hydrogens is 414 g/mol. The van der Waals surface area contributed by atoms with Gasteiger partial charge in [0.25, 0.3) is 17.1 Å². The molecule has 2 aliphatic carbocycles. The van der Waals surface area contributed by atoms with Gasteiger partial charge in [-0.05, 0) is 50.3 Å². The predicted molar refractivity (Wildman–Crippen MR) is 112 cm³/mol. The van der Waals surface area contributed by atoms with Gasteiger partial charge in [-0.3, -0.25) is 19.7 Å². The molecule has 0 unspecified atom stereocenters. The Morgan fingerprint density at radius 3 is 2.44 bits per heavy atom. The minimum absolute atomic E-state index is 0.00795. The van der Waals surface area contributed by atoms with Crippen LogP contribution in [0.2, 0.25) is 0 Å². The van der Waals surface area contributed by atoms with E-state index in [1.807, 2.05) is 0 Å². The molecule has 0 radical (unpaired) electrons. The third kappa shape index (κ3) is 3.38. The molecule has 5 rings (SSSR count). The van der Waals surface area contributed by atoms with Crippen molar-refractivity contribution in [2.45, 2.75) is 51.5 Å². The highest BCUT2D eigenvalue weighted by Crippen LogP contribution is 2.46. The van der Waals surface area contributed by atoms with E-state index in [0.29, 0.717) is 18.4 Å². The number of aromatic nitrogens is 3. The molecule has 32 heavy (non-hydrogen) atoms. The number of likely N-dealkylation sites (tertiary alicyclic amines) is 1. The zero-order chi connectivity index (χ0) is 22.5. The molecule has 1 aliphatic heterocycles. The van der Waals surface area contributed by atoms with Gasteiger partial charge in [-0.1, -0.05) is 12.8 Å². The average molecular weight is 439 g/mol. The number of nitro benzene ring substituents is 1. The van der Waals surface area contributed by atoms with Gasteiger partial charge in [-0.15, -0.1) is 9.53 Å². The first-order valence-electron chi connectivity index (χ1n) is 11.2. The summed E-state index contributed by atoms with van der Waals surface area (Å²) < 4.78 is 1.28. The van der Waals surface area contributed by atoms with E-state index in [1.54, 1.807) is 0 Å². The maximum atomic E-state index is 13.1. The minimum Gasteiger partial charge on any atom is -0.691 e. The lowest BCUT2D eigenvalue weighted by molar-refractivity contribution is -0.672. The van der Waals surface area contributed by atoms with Crippen molar-refractivity contribution >= 4 is 17.3 Å². The first kappa shape index (κ1) is 20.7. The molecule has 3 aliphatic rings. The number of hydrogen-bond acceptors (Lipinski definition) is 7. The Morgan fingerprint density at radius 2 is 1.75 bits per heavy atom. The van der Waals surface area contributed by atoms with Gasteiger partial charge in [-0.2, -0.15) is 0 Å². The summed E-state index contributed by atoms with van der Waals surface area (Å²) in [5.41, 5.74) is -0.185. The van der Waals surface area contributed by atoms with E-state index in [0.717, 1.165) is 31.8 Å². The number of benzene rings is 1. The van der Waals surface area contributed by atoms with Crippen LogP contribution in [0.25, 0.3) is 0 Å². The number of piperidine rings is 1. The van der Waals surface area contributed by atoms with Crippen LogP contribution in [0.3, 0.4) is 0 Å². The van der Waals surface area contributed by atoms with E-state index in [9.17, 15) is 24.9 Å². The van der Waals surface area contributed by atoms with E-state index in [-0.39, 0.29) is 33.0 Å². The zero-order valence-electron chi connectivity index (χ0n) is 17.8. The predicted octanol–water partition coefficient (Wildman–Crippen LogP) is 2.25. The fourth-order valence-corrected chi connectivity index (χ4v) is 5.58. The maximum Gasteiger partial charge on any atom is 0.270 e. The SMILES string of the molecule is O=C1c2cc([N+](=O)[O-])ccc2C(=O)c2c1n(CCCN1CCC3(CCCC3)CC1)n[n+]2[O-]. The lowest BCUT2D eigenvalue weighted by Gasteiger charge is -2.39. The number of aryl methyl sites for hydroxylation is 1. The number of nitro groups is 1. The normalized spacial score (nSPS) is 19.9. The van der Waals surface area contributed by atoms with Crippen molar-refractivity contribution in [1.82, 2.24) is 14.8 Å². The van der Waals surface area contributed by atoms with Crippen molar-refractivity contribution in [3.05, 3.63) is 56.0 Å². The van der Waals surface area contributed by atoms with E-state index in [4.69, 9.17) is 0 Å². The number of carbonyl (C=O) groups is 2. The van der Waals surface area contributed by atoms with Gasteiger partial charge in [0.15, 0.2) is 0 Å². The lowest BCUT2D eigenvalue weighted by atomic mass is 9.77. The van der Waals surface area contributed by atoms with Gasteiger partial charge in [0.1, 0.15) is 6.54 Å². The van der Waals surface area contributed by atoms with Crippen molar-refractivity contribution in [2.24, 2.45) is 5.41 Å². The number of hydrogen-bond donors (Lipinski definition) is 0. The molecule has 1 saturated carbocycles. The second-order valence-corrected chi connectivity index (χ2v) is 9.23. The Labute approximate surface area is 184 Å². The average Bonchev–Trinajstić information content (AvgIpc) is 3.37. The molecule has 10 heteroatoms. The monoisotopic (exact) mass is 439 g/mol. The quantitative estimate of drug-likeness (QED) is 0.258. The summed E-state index contributed by atoms with van der Waals surface area (Å²) in [6, 6.07) is 3.47. The molecule has 2 aromatic rings. The molecule has 168 valence electrons. The number of nitrogens with zero attached hydrogens (tertiary/aromatic N) is 5. The van der Waals surface area contributed by atoms with Crippen LogP contribution in [0.5, 0.6) is 0 Å². The highest BCUT2D eigenvalue weighted by atomic mass is 16.6. The molecule has 1 aromatic carbocycles. The topological polar surface area (TPSA) is 125 Å². The highest BCUT2D eigenvalue weighted by molar-refractivity contribution is 6.26. The maximum absolute atomic E-state index is 13.1. The summed E-state index contributed by atoms with van der Waals surface area (Å²) in [7, 11) is 0. The Bertz CT molecular complexity index is 1110. The summed E-state index contributed by atoms with van der Waals surface area (Å²) in [6.07, 6.45) is 8.53. The highest BCUT2D eigenvalue weighted by Gasteiger charge is 2.42. The van der Waals surface area contributed by atoms with Crippen LogP contribution in [0.15, 0.2) is 18.2 Å². The van der Waals surface area contributed by atoms with Crippen molar-refractivity contribution in [3.8, 4) is 0 Å². The third-order valence-corrected chi connectivity index (χ3v) is 7.42. The second-order valence-electron chi connectivity index (χ2n) is 9.23. The molecule has 1 aromatic heterocycles. The number of carbonyl (C=O) groups excluding carboxylic acids is 2. The van der Waals surface area contributed by atoms with Crippen LogP contribution < -0.4 is 4.85 Å². The van der Waals surface area contributed by atoms with Crippen LogP contribution in [-0.2, 0) is 6.54 Å². The van der Waals surface area contributed by atoms with Gasteiger partial charge in [0.2, 0.25) is 11.6 Å². The Morgan fingerprint density at radius 1 is 1.03 bits per heavy atom. The van der Waals surface area contributed by atoms with Gasteiger partial charge in [-0.25, -0.2) is 0 Å². The molecule has 0 atom stereocenters. The molecule has 10 nitrogen and oxygen atoms in total. The molecular formula is C22H25N5O5. The summed E-state index contributed by atoms with van der Waals surface area (Å²) in [4.78, 5) is 39.0. The van der Waals surface area contributed by atoms with Crippen LogP contribution in [0.4, 0.5) is 5.69 Å². The number of fused-ring (bicyclic) bond motifs is 2. The van der Waals surface area contributed by atoms with Crippen molar-refractivity contribution in [1.29, 1.82) is 0 Å². The second kappa shape index (κ2) is 7.77. The first-order valence-corrected chi connectivity index (χ1v) is 11.2. The van der Waals surface area contributed by atoms with E-state index in [1.165, 1.54) is 49.3 Å². The smallest absolute Gasteiger partial charge is 0.270 e. The third-order valence-electron chi connectivity index (χ3n) is 7.42. The Kier molecular flexibility index (Phi) is 5.04. The number of rotatable bonds is 5. The van der Waals surface area contributed by atoms with Crippen molar-refractivity contribution < 1.29 is 19.4 Å². The zero-order valence-corrected chi connectivity index (χ0v) is 17.8. The van der Waals surface area contributed by atoms with Crippen LogP contribution in [-0.4, -0.2) is 50.9 Å². The Hall–Kier alpha value is -3.14. The molecule has 2 fully saturated rings. The van der Waals surface area contributed by atoms with Crippen LogP contribution in [0, 0.1) is 20.7 Å². The Balaban J connectivity index is 1.30. The summed E-state index contributed by atoms with van der Waals surface area (Å²) in [6.45, 7) is 3.27. The van der Waals surface area contributed by atoms with E-state index in [2.05, 4.69) is 10.1 Å². The van der Waals surface area contributed by atoms with Gasteiger partial charge >= 0.3 is 0 Å². The minimum atomic E-state index is -0.636. The molecule has 0 N–H and O–H groups in total. The fourth-order valence-electron chi connectivity index (χ4n) is 5.58. The van der Waals surface area contributed by atoms with E-state index >= 15 is 0 Å². The molecule has 1 saturated heterocycles. The van der Waals surface area contributed by atoms with Crippen molar-refractivity contribution in [3.63, 3.8) is 0 Å². The van der Waals surface area contributed by atoms with Crippen molar-refractivity contribution in [2.75, 3.05) is 19.6 Å². The van der Waals surface area contributed by atoms with Gasteiger partial charge in [0.05, 0.1) is 10.1 Å². The van der Waals surface area contributed by atoms with Gasteiger partial charge in [0, 0.05) is 36.2 Å².